The van der Waals surface area contributed by atoms with Gasteiger partial charge in [-0.05, 0) is 26.0 Å². The van der Waals surface area contributed by atoms with Crippen LogP contribution in [-0.2, 0) is 6.42 Å². The fourth-order valence-electron chi connectivity index (χ4n) is 1.92. The summed E-state index contributed by atoms with van der Waals surface area (Å²) in [5, 5.41) is 4.51. The summed E-state index contributed by atoms with van der Waals surface area (Å²) in [4.78, 5) is 0. The standard InChI is InChI=1S/C14H17ClFN3/c1-9(2)19-7-6-10(18-19)8-13(17)11-4-3-5-12(15)14(11)16/h3-7,9,13H,8,17H2,1-2H3. The summed E-state index contributed by atoms with van der Waals surface area (Å²) >= 11 is 5.76. The van der Waals surface area contributed by atoms with E-state index in [0.717, 1.165) is 5.69 Å². The Morgan fingerprint density at radius 3 is 2.74 bits per heavy atom. The lowest BCUT2D eigenvalue weighted by molar-refractivity contribution is 0.520. The zero-order valence-corrected chi connectivity index (χ0v) is 11.7. The molecular formula is C14H17ClFN3. The van der Waals surface area contributed by atoms with Crippen LogP contribution in [0.5, 0.6) is 0 Å². The molecule has 1 atom stereocenters. The number of hydrogen-bond donors (Lipinski definition) is 1. The van der Waals surface area contributed by atoms with E-state index in [-0.39, 0.29) is 5.02 Å². The monoisotopic (exact) mass is 281 g/mol. The fraction of sp³-hybridized carbons (Fsp3) is 0.357. The van der Waals surface area contributed by atoms with Gasteiger partial charge in [-0.15, -0.1) is 0 Å². The highest BCUT2D eigenvalue weighted by molar-refractivity contribution is 6.30. The maximum atomic E-state index is 13.9. The number of rotatable bonds is 4. The third kappa shape index (κ3) is 3.14. The SMILES string of the molecule is CC(C)n1ccc(CC(N)c2cccc(Cl)c2F)n1. The molecule has 1 unspecified atom stereocenters. The molecule has 1 aromatic carbocycles. The van der Waals surface area contributed by atoms with Crippen molar-refractivity contribution in [2.24, 2.45) is 5.73 Å². The molecule has 0 amide bonds. The predicted molar refractivity (Wildman–Crippen MR) is 74.7 cm³/mol. The molecule has 2 aromatic rings. The van der Waals surface area contributed by atoms with Crippen LogP contribution in [0.4, 0.5) is 4.39 Å². The molecule has 1 heterocycles. The number of halogens is 2. The van der Waals surface area contributed by atoms with Gasteiger partial charge in [-0.3, -0.25) is 4.68 Å². The summed E-state index contributed by atoms with van der Waals surface area (Å²) < 4.78 is 15.7. The van der Waals surface area contributed by atoms with Crippen molar-refractivity contribution in [3.8, 4) is 0 Å². The van der Waals surface area contributed by atoms with Crippen LogP contribution in [0, 0.1) is 5.82 Å². The van der Waals surface area contributed by atoms with Crippen molar-refractivity contribution in [2.75, 3.05) is 0 Å². The van der Waals surface area contributed by atoms with Gasteiger partial charge >= 0.3 is 0 Å². The molecule has 19 heavy (non-hydrogen) atoms. The first kappa shape index (κ1) is 14.0. The van der Waals surface area contributed by atoms with E-state index in [1.165, 1.54) is 6.07 Å². The Kier molecular flexibility index (Phi) is 4.22. The number of aromatic nitrogens is 2. The first-order chi connectivity index (χ1) is 8.99. The maximum Gasteiger partial charge on any atom is 0.146 e. The van der Waals surface area contributed by atoms with Crippen LogP contribution in [0.15, 0.2) is 30.5 Å². The molecule has 0 fully saturated rings. The molecule has 0 aliphatic rings. The Labute approximate surface area is 117 Å². The Balaban J connectivity index is 2.16. The molecule has 1 aromatic heterocycles. The largest absolute Gasteiger partial charge is 0.324 e. The summed E-state index contributed by atoms with van der Waals surface area (Å²) in [6, 6.07) is 6.63. The van der Waals surface area contributed by atoms with Gasteiger partial charge in [0.1, 0.15) is 5.82 Å². The molecule has 2 rings (SSSR count). The normalized spacial score (nSPS) is 12.9. The fourth-order valence-corrected chi connectivity index (χ4v) is 2.10. The third-order valence-corrected chi connectivity index (χ3v) is 3.29. The topological polar surface area (TPSA) is 43.8 Å². The number of nitrogens with zero attached hydrogens (tertiary/aromatic N) is 2. The molecule has 0 radical (unpaired) electrons. The summed E-state index contributed by atoms with van der Waals surface area (Å²) in [6.07, 6.45) is 2.39. The van der Waals surface area contributed by atoms with Gasteiger partial charge in [0, 0.05) is 30.3 Å². The minimum Gasteiger partial charge on any atom is -0.324 e. The minimum absolute atomic E-state index is 0.0978. The van der Waals surface area contributed by atoms with Crippen LogP contribution < -0.4 is 5.73 Å². The highest BCUT2D eigenvalue weighted by Gasteiger charge is 2.15. The molecule has 5 heteroatoms. The molecule has 0 saturated carbocycles. The minimum atomic E-state index is -0.450. The molecular weight excluding hydrogens is 265 g/mol. The van der Waals surface area contributed by atoms with Gasteiger partial charge in [-0.2, -0.15) is 5.10 Å². The van der Waals surface area contributed by atoms with E-state index in [9.17, 15) is 4.39 Å². The first-order valence-electron chi connectivity index (χ1n) is 6.22. The number of nitrogens with two attached hydrogens (primary N) is 1. The molecule has 0 aliphatic heterocycles. The molecule has 0 saturated heterocycles. The number of hydrogen-bond acceptors (Lipinski definition) is 2. The van der Waals surface area contributed by atoms with Crippen molar-refractivity contribution < 1.29 is 4.39 Å². The van der Waals surface area contributed by atoms with Gasteiger partial charge in [-0.25, -0.2) is 4.39 Å². The van der Waals surface area contributed by atoms with Gasteiger partial charge in [0.15, 0.2) is 0 Å². The van der Waals surface area contributed by atoms with Crippen LogP contribution in [0.2, 0.25) is 5.02 Å². The van der Waals surface area contributed by atoms with Gasteiger partial charge < -0.3 is 5.73 Å². The predicted octanol–water partition coefficient (Wildman–Crippen LogP) is 3.50. The van der Waals surface area contributed by atoms with Gasteiger partial charge in [0.05, 0.1) is 10.7 Å². The van der Waals surface area contributed by atoms with E-state index < -0.39 is 11.9 Å². The maximum absolute atomic E-state index is 13.9. The van der Waals surface area contributed by atoms with Crippen LogP contribution in [0.3, 0.4) is 0 Å². The number of benzene rings is 1. The van der Waals surface area contributed by atoms with Crippen LogP contribution in [-0.4, -0.2) is 9.78 Å². The van der Waals surface area contributed by atoms with E-state index in [1.807, 2.05) is 30.8 Å². The molecule has 0 aliphatic carbocycles. The summed E-state index contributed by atoms with van der Waals surface area (Å²) in [6.45, 7) is 4.10. The van der Waals surface area contributed by atoms with E-state index >= 15 is 0 Å². The summed E-state index contributed by atoms with van der Waals surface area (Å²) in [7, 11) is 0. The second-order valence-corrected chi connectivity index (χ2v) is 5.24. The van der Waals surface area contributed by atoms with E-state index in [0.29, 0.717) is 18.0 Å². The van der Waals surface area contributed by atoms with Crippen molar-refractivity contribution in [1.29, 1.82) is 0 Å². The van der Waals surface area contributed by atoms with Crippen LogP contribution in [0.25, 0.3) is 0 Å². The Morgan fingerprint density at radius 1 is 1.37 bits per heavy atom. The molecule has 102 valence electrons. The van der Waals surface area contributed by atoms with Gasteiger partial charge in [0.25, 0.3) is 0 Å². The van der Waals surface area contributed by atoms with Gasteiger partial charge in [0.2, 0.25) is 0 Å². The van der Waals surface area contributed by atoms with Crippen LogP contribution in [0.1, 0.15) is 37.2 Å². The average Bonchev–Trinajstić information content (AvgIpc) is 2.81. The van der Waals surface area contributed by atoms with Crippen molar-refractivity contribution in [2.45, 2.75) is 32.4 Å². The first-order valence-corrected chi connectivity index (χ1v) is 6.60. The zero-order valence-electron chi connectivity index (χ0n) is 11.0. The lowest BCUT2D eigenvalue weighted by Crippen LogP contribution is -2.16. The lowest BCUT2D eigenvalue weighted by Gasteiger charge is -2.12. The van der Waals surface area contributed by atoms with Crippen LogP contribution >= 0.6 is 11.6 Å². The Morgan fingerprint density at radius 2 is 2.11 bits per heavy atom. The second-order valence-electron chi connectivity index (χ2n) is 4.83. The average molecular weight is 282 g/mol. The summed E-state index contributed by atoms with van der Waals surface area (Å²) in [5.74, 6) is -0.444. The van der Waals surface area contributed by atoms with Crippen molar-refractivity contribution in [3.05, 3.63) is 52.6 Å². The third-order valence-electron chi connectivity index (χ3n) is 3.00. The van der Waals surface area contributed by atoms with E-state index in [2.05, 4.69) is 5.10 Å². The van der Waals surface area contributed by atoms with E-state index in [4.69, 9.17) is 17.3 Å². The lowest BCUT2D eigenvalue weighted by atomic mass is 10.0. The molecule has 2 N–H and O–H groups in total. The highest BCUT2D eigenvalue weighted by Crippen LogP contribution is 2.24. The Hall–Kier alpha value is -1.39. The second kappa shape index (κ2) is 5.72. The van der Waals surface area contributed by atoms with Crippen molar-refractivity contribution in [3.63, 3.8) is 0 Å². The Bertz CT molecular complexity index is 566. The molecule has 0 spiro atoms. The van der Waals surface area contributed by atoms with E-state index in [1.54, 1.807) is 12.1 Å². The summed E-state index contributed by atoms with van der Waals surface area (Å²) in [5.41, 5.74) is 7.30. The zero-order chi connectivity index (χ0) is 14.0. The van der Waals surface area contributed by atoms with Crippen molar-refractivity contribution >= 4 is 11.6 Å². The molecule has 3 nitrogen and oxygen atoms in total. The smallest absolute Gasteiger partial charge is 0.146 e. The van der Waals surface area contributed by atoms with Gasteiger partial charge in [-0.1, -0.05) is 23.7 Å². The molecule has 0 bridgehead atoms. The van der Waals surface area contributed by atoms with Crippen molar-refractivity contribution in [1.82, 2.24) is 9.78 Å². The highest BCUT2D eigenvalue weighted by atomic mass is 35.5. The quantitative estimate of drug-likeness (QED) is 0.932.